The molecule has 0 aliphatic carbocycles. The van der Waals surface area contributed by atoms with Crippen LogP contribution in [0, 0.1) is 9.49 Å². The molecule has 5 heteroatoms. The molecule has 0 unspecified atom stereocenters. The second-order valence-corrected chi connectivity index (χ2v) is 8.07. The second-order valence-electron chi connectivity index (χ2n) is 5.96. The minimum Gasteiger partial charge on any atom is -0.332 e. The second kappa shape index (κ2) is 8.97. The molecule has 2 aromatic carbocycles. The van der Waals surface area contributed by atoms with Crippen LogP contribution < -0.4 is 5.32 Å². The summed E-state index contributed by atoms with van der Waals surface area (Å²) < 4.78 is 1.23. The lowest BCUT2D eigenvalue weighted by atomic mass is 10.0. The van der Waals surface area contributed by atoms with E-state index >= 15 is 0 Å². The highest BCUT2D eigenvalue weighted by Gasteiger charge is 2.06. The van der Waals surface area contributed by atoms with Gasteiger partial charge in [-0.2, -0.15) is 0 Å². The molecule has 1 N–H and O–H groups in total. The minimum atomic E-state index is 0. The highest BCUT2D eigenvalue weighted by molar-refractivity contribution is 14.1. The Labute approximate surface area is 171 Å². The first-order valence-corrected chi connectivity index (χ1v) is 9.63. The van der Waals surface area contributed by atoms with Crippen molar-refractivity contribution in [2.75, 3.05) is 5.32 Å². The molecule has 0 atom stereocenters. The summed E-state index contributed by atoms with van der Waals surface area (Å²) >= 11 is 3.94. The molecule has 0 amide bonds. The molecule has 0 aliphatic heterocycles. The normalized spacial score (nSPS) is 10.5. The predicted molar refractivity (Wildman–Crippen MR) is 119 cm³/mol. The number of aromatic nitrogens is 1. The van der Waals surface area contributed by atoms with E-state index in [0.29, 0.717) is 5.92 Å². The largest absolute Gasteiger partial charge is 0.332 e. The lowest BCUT2D eigenvalue weighted by Gasteiger charge is -2.05. The van der Waals surface area contributed by atoms with Gasteiger partial charge in [0, 0.05) is 20.2 Å². The van der Waals surface area contributed by atoms with Crippen LogP contribution in [0.3, 0.4) is 0 Å². The molecule has 0 saturated carbocycles. The maximum atomic E-state index is 4.69. The van der Waals surface area contributed by atoms with Gasteiger partial charge < -0.3 is 5.32 Å². The van der Waals surface area contributed by atoms with Gasteiger partial charge in [-0.3, -0.25) is 0 Å². The number of anilines is 2. The highest BCUT2D eigenvalue weighted by atomic mass is 127. The van der Waals surface area contributed by atoms with Crippen molar-refractivity contribution >= 4 is 61.7 Å². The number of nitrogens with zero attached hydrogens (tertiary/aromatic N) is 1. The topological polar surface area (TPSA) is 24.9 Å². The van der Waals surface area contributed by atoms with Crippen LogP contribution in [0.4, 0.5) is 10.8 Å². The van der Waals surface area contributed by atoms with Crippen molar-refractivity contribution in [2.24, 2.45) is 5.92 Å². The van der Waals surface area contributed by atoms with Gasteiger partial charge in [0.05, 0.1) is 5.69 Å². The van der Waals surface area contributed by atoms with Gasteiger partial charge in [-0.05, 0) is 64.8 Å². The summed E-state index contributed by atoms with van der Waals surface area (Å²) in [6, 6.07) is 17.1. The molecule has 0 aliphatic rings. The Hall–Kier alpha value is -0.920. The molecule has 0 radical (unpaired) electrons. The molecule has 0 bridgehead atoms. The number of nitrogens with one attached hydrogen (secondary N) is 1. The zero-order valence-electron chi connectivity index (χ0n) is 13.6. The van der Waals surface area contributed by atoms with Crippen LogP contribution in [0.2, 0.25) is 0 Å². The van der Waals surface area contributed by atoms with E-state index < -0.39 is 0 Å². The van der Waals surface area contributed by atoms with Crippen LogP contribution in [-0.4, -0.2) is 4.98 Å². The van der Waals surface area contributed by atoms with E-state index in [-0.39, 0.29) is 17.0 Å². The summed E-state index contributed by atoms with van der Waals surface area (Å²) in [4.78, 5) is 4.69. The SMILES string of the molecule is Br.CC(C)Cc1ccc(-c2csc(Nc3ccc(I)cc3)n2)cc1. The van der Waals surface area contributed by atoms with E-state index in [1.807, 2.05) is 0 Å². The third-order valence-electron chi connectivity index (χ3n) is 3.49. The first-order valence-electron chi connectivity index (χ1n) is 7.67. The van der Waals surface area contributed by atoms with Crippen LogP contribution in [0.25, 0.3) is 11.3 Å². The molecule has 3 aromatic rings. The van der Waals surface area contributed by atoms with E-state index in [1.54, 1.807) is 11.3 Å². The number of hydrogen-bond donors (Lipinski definition) is 1. The zero-order valence-corrected chi connectivity index (χ0v) is 18.3. The number of halogens is 2. The summed E-state index contributed by atoms with van der Waals surface area (Å²) in [5.74, 6) is 0.685. The Bertz CT molecular complexity index is 767. The molecule has 1 aromatic heterocycles. The van der Waals surface area contributed by atoms with E-state index in [2.05, 4.69) is 95.7 Å². The molecule has 24 heavy (non-hydrogen) atoms. The van der Waals surface area contributed by atoms with Gasteiger partial charge in [0.2, 0.25) is 0 Å². The summed E-state index contributed by atoms with van der Waals surface area (Å²) in [6.45, 7) is 4.49. The molecule has 1 heterocycles. The molecule has 3 rings (SSSR count). The third-order valence-corrected chi connectivity index (χ3v) is 4.97. The Morgan fingerprint density at radius 1 is 1.04 bits per heavy atom. The monoisotopic (exact) mass is 514 g/mol. The first-order chi connectivity index (χ1) is 11.1. The van der Waals surface area contributed by atoms with Crippen molar-refractivity contribution in [2.45, 2.75) is 20.3 Å². The maximum Gasteiger partial charge on any atom is 0.187 e. The lowest BCUT2D eigenvalue weighted by molar-refractivity contribution is 0.647. The van der Waals surface area contributed by atoms with Gasteiger partial charge >= 0.3 is 0 Å². The fraction of sp³-hybridized carbons (Fsp3) is 0.211. The molecule has 2 nitrogen and oxygen atoms in total. The van der Waals surface area contributed by atoms with Crippen molar-refractivity contribution in [1.82, 2.24) is 4.98 Å². The lowest BCUT2D eigenvalue weighted by Crippen LogP contribution is -1.93. The number of rotatable bonds is 5. The van der Waals surface area contributed by atoms with Gasteiger partial charge in [0.15, 0.2) is 5.13 Å². The van der Waals surface area contributed by atoms with E-state index in [1.165, 1.54) is 14.7 Å². The average Bonchev–Trinajstić information content (AvgIpc) is 2.98. The van der Waals surface area contributed by atoms with Gasteiger partial charge in [-0.15, -0.1) is 28.3 Å². The Morgan fingerprint density at radius 2 is 1.71 bits per heavy atom. The van der Waals surface area contributed by atoms with Crippen LogP contribution >= 0.6 is 50.9 Å². The average molecular weight is 515 g/mol. The van der Waals surface area contributed by atoms with Crippen molar-refractivity contribution < 1.29 is 0 Å². The van der Waals surface area contributed by atoms with Crippen LogP contribution in [0.1, 0.15) is 19.4 Å². The summed E-state index contributed by atoms with van der Waals surface area (Å²) in [7, 11) is 0. The fourth-order valence-corrected chi connectivity index (χ4v) is 3.50. The fourth-order valence-electron chi connectivity index (χ4n) is 2.40. The van der Waals surface area contributed by atoms with Crippen molar-refractivity contribution in [1.29, 1.82) is 0 Å². The van der Waals surface area contributed by atoms with Gasteiger partial charge in [0.25, 0.3) is 0 Å². The smallest absolute Gasteiger partial charge is 0.187 e. The molecular weight excluding hydrogens is 495 g/mol. The van der Waals surface area contributed by atoms with Gasteiger partial charge in [-0.1, -0.05) is 38.1 Å². The summed E-state index contributed by atoms with van der Waals surface area (Å²) in [5, 5.41) is 6.39. The quantitative estimate of drug-likeness (QED) is 0.373. The van der Waals surface area contributed by atoms with Crippen LogP contribution in [0.15, 0.2) is 53.9 Å². The molecule has 0 saturated heterocycles. The maximum absolute atomic E-state index is 4.69. The molecule has 0 fully saturated rings. The van der Waals surface area contributed by atoms with Gasteiger partial charge in [0.1, 0.15) is 0 Å². The summed E-state index contributed by atoms with van der Waals surface area (Å²) in [5.41, 5.74) is 4.65. The minimum absolute atomic E-state index is 0. The van der Waals surface area contributed by atoms with E-state index in [0.717, 1.165) is 22.9 Å². The van der Waals surface area contributed by atoms with E-state index in [9.17, 15) is 0 Å². The van der Waals surface area contributed by atoms with Crippen molar-refractivity contribution in [3.8, 4) is 11.3 Å². The van der Waals surface area contributed by atoms with Crippen molar-refractivity contribution in [3.05, 3.63) is 63.0 Å². The molecule has 0 spiro atoms. The molecular formula is C19H20BrIN2S. The third kappa shape index (κ3) is 5.29. The molecule has 126 valence electrons. The number of thiazole rings is 1. The van der Waals surface area contributed by atoms with E-state index in [4.69, 9.17) is 4.98 Å². The summed E-state index contributed by atoms with van der Waals surface area (Å²) in [6.07, 6.45) is 1.12. The highest BCUT2D eigenvalue weighted by Crippen LogP contribution is 2.27. The zero-order chi connectivity index (χ0) is 16.2. The Balaban J connectivity index is 0.00000208. The predicted octanol–water partition coefficient (Wildman–Crippen LogP) is 6.93. The number of benzene rings is 2. The van der Waals surface area contributed by atoms with Crippen LogP contribution in [0.5, 0.6) is 0 Å². The van der Waals surface area contributed by atoms with Crippen LogP contribution in [-0.2, 0) is 6.42 Å². The Morgan fingerprint density at radius 3 is 2.33 bits per heavy atom. The number of hydrogen-bond acceptors (Lipinski definition) is 3. The van der Waals surface area contributed by atoms with Gasteiger partial charge in [-0.25, -0.2) is 4.98 Å². The standard InChI is InChI=1S/C19H19IN2S.BrH/c1-13(2)11-14-3-5-15(6-4-14)18-12-23-19(22-18)21-17-9-7-16(20)8-10-17;/h3-10,12-13H,11H2,1-2H3,(H,21,22);1H. The van der Waals surface area contributed by atoms with Crippen molar-refractivity contribution in [3.63, 3.8) is 0 Å². The Kier molecular flexibility index (Phi) is 7.25. The first kappa shape index (κ1) is 19.4.